The van der Waals surface area contributed by atoms with Crippen molar-refractivity contribution in [1.82, 2.24) is 15.3 Å². The lowest BCUT2D eigenvalue weighted by molar-refractivity contribution is -0.164. The van der Waals surface area contributed by atoms with Gasteiger partial charge in [0, 0.05) is 24.0 Å². The Hall–Kier alpha value is -2.71. The zero-order valence-electron chi connectivity index (χ0n) is 22.1. The van der Waals surface area contributed by atoms with Crippen LogP contribution in [0.5, 0.6) is 0 Å². The predicted octanol–water partition coefficient (Wildman–Crippen LogP) is 2.67. The second-order valence-corrected chi connectivity index (χ2v) is 10.2. The van der Waals surface area contributed by atoms with Crippen molar-refractivity contribution in [1.29, 1.82) is 0 Å². The third kappa shape index (κ3) is 7.15. The fourth-order valence-corrected chi connectivity index (χ4v) is 4.56. The number of rotatable bonds is 10. The summed E-state index contributed by atoms with van der Waals surface area (Å²) in [5, 5.41) is 13.6. The summed E-state index contributed by atoms with van der Waals surface area (Å²) in [5.74, 6) is -0.993. The summed E-state index contributed by atoms with van der Waals surface area (Å²) < 4.78 is 0. The Kier molecular flexibility index (Phi) is 10.0. The van der Waals surface area contributed by atoms with Crippen molar-refractivity contribution in [2.75, 3.05) is 26.7 Å². The first-order chi connectivity index (χ1) is 16.4. The van der Waals surface area contributed by atoms with Gasteiger partial charge >= 0.3 is 0 Å². The van der Waals surface area contributed by atoms with Crippen LogP contribution in [0.4, 0.5) is 0 Å². The van der Waals surface area contributed by atoms with E-state index >= 15 is 0 Å². The number of β-amino-alcohol motifs (C(OH)–C–C–N with tert-alkyl or cyclic N) is 1. The van der Waals surface area contributed by atoms with Gasteiger partial charge in [0.15, 0.2) is 0 Å². The number of aliphatic hydroxyl groups excluding tert-OH is 1. The van der Waals surface area contributed by atoms with Gasteiger partial charge in [-0.25, -0.2) is 5.06 Å². The summed E-state index contributed by atoms with van der Waals surface area (Å²) in [6.45, 7) is 11.8. The van der Waals surface area contributed by atoms with Gasteiger partial charge in [0.05, 0.1) is 19.1 Å². The minimum Gasteiger partial charge on any atom is -0.389 e. The second-order valence-electron chi connectivity index (χ2n) is 10.2. The number of benzene rings is 1. The van der Waals surface area contributed by atoms with Crippen LogP contribution in [-0.2, 0) is 24.6 Å². The molecule has 1 aliphatic rings. The maximum Gasteiger partial charge on any atom is 0.272 e. The molecule has 1 unspecified atom stereocenters. The minimum atomic E-state index is -0.695. The van der Waals surface area contributed by atoms with E-state index in [0.29, 0.717) is 12.0 Å². The molecule has 0 aliphatic carbocycles. The Morgan fingerprint density at radius 1 is 1.26 bits per heavy atom. The van der Waals surface area contributed by atoms with Gasteiger partial charge in [-0.15, -0.1) is 0 Å². The Bertz CT molecular complexity index is 913. The molecule has 1 aliphatic heterocycles. The molecule has 3 atom stereocenters. The molecular weight excluding hydrogens is 446 g/mol. The molecule has 3 amide bonds. The van der Waals surface area contributed by atoms with Gasteiger partial charge in [-0.3, -0.25) is 19.2 Å². The van der Waals surface area contributed by atoms with E-state index in [9.17, 15) is 19.5 Å². The van der Waals surface area contributed by atoms with E-state index in [1.54, 1.807) is 24.9 Å². The normalized spacial score (nSPS) is 18.4. The van der Waals surface area contributed by atoms with Gasteiger partial charge in [-0.1, -0.05) is 71.0 Å². The van der Waals surface area contributed by atoms with E-state index in [4.69, 9.17) is 4.84 Å². The van der Waals surface area contributed by atoms with Gasteiger partial charge in [-0.05, 0) is 24.8 Å². The number of hydroxylamine groups is 2. The monoisotopic (exact) mass is 487 g/mol. The quantitative estimate of drug-likeness (QED) is 0.495. The van der Waals surface area contributed by atoms with E-state index in [0.717, 1.165) is 10.6 Å². The fourth-order valence-electron chi connectivity index (χ4n) is 4.56. The highest BCUT2D eigenvalue weighted by Gasteiger charge is 2.35. The molecule has 194 valence electrons. The van der Waals surface area contributed by atoms with Crippen molar-refractivity contribution in [3.8, 4) is 0 Å². The smallest absolute Gasteiger partial charge is 0.272 e. The number of aliphatic hydroxyl groups is 1. The number of hydrogen-bond donors (Lipinski definition) is 2. The Morgan fingerprint density at radius 3 is 2.40 bits per heavy atom. The molecule has 0 saturated carbocycles. The summed E-state index contributed by atoms with van der Waals surface area (Å²) in [4.78, 5) is 45.5. The SMILES string of the molecule is CC[C@H](C(=O)NCC(=O)N(C)[C@H](/C=C(\C)C(=O)N1CC(O)CO1)C(C)C)C(C)(C)c1ccccc1. The van der Waals surface area contributed by atoms with Gasteiger partial charge in [0.2, 0.25) is 11.8 Å². The average molecular weight is 488 g/mol. The summed E-state index contributed by atoms with van der Waals surface area (Å²) in [6.07, 6.45) is 1.69. The number of carbonyl (C=O) groups excluding carboxylic acids is 3. The number of hydrogen-bond acceptors (Lipinski definition) is 5. The standard InChI is InChI=1S/C27H41N3O5/c1-8-22(27(5,6)20-12-10-9-11-13-20)25(33)28-15-24(32)29(7)23(18(2)3)14-19(4)26(34)30-16-21(31)17-35-30/h9-14,18,21-23,31H,8,15-17H2,1-7H3,(H,28,33)/b19-14+/t21?,22-,23-/m1/s1. The number of likely N-dealkylation sites (N-methyl/N-ethyl adjacent to an activating group) is 1. The molecule has 1 heterocycles. The van der Waals surface area contributed by atoms with Crippen LogP contribution >= 0.6 is 0 Å². The van der Waals surface area contributed by atoms with Crippen LogP contribution in [0, 0.1) is 11.8 Å². The third-order valence-corrected chi connectivity index (χ3v) is 6.84. The summed E-state index contributed by atoms with van der Waals surface area (Å²) in [5.41, 5.74) is 1.11. The van der Waals surface area contributed by atoms with Crippen molar-refractivity contribution in [2.45, 2.75) is 65.5 Å². The van der Waals surface area contributed by atoms with Gasteiger partial charge in [0.25, 0.3) is 5.91 Å². The van der Waals surface area contributed by atoms with Crippen LogP contribution in [0.15, 0.2) is 42.0 Å². The Morgan fingerprint density at radius 2 is 1.89 bits per heavy atom. The molecule has 0 radical (unpaired) electrons. The minimum absolute atomic E-state index is 0.0351. The van der Waals surface area contributed by atoms with Crippen molar-refractivity contribution < 1.29 is 24.3 Å². The molecule has 2 N–H and O–H groups in total. The molecular formula is C27H41N3O5. The van der Waals surface area contributed by atoms with Gasteiger partial charge < -0.3 is 15.3 Å². The zero-order valence-corrected chi connectivity index (χ0v) is 22.1. The van der Waals surface area contributed by atoms with Crippen molar-refractivity contribution in [2.24, 2.45) is 11.8 Å². The van der Waals surface area contributed by atoms with Crippen LogP contribution in [0.3, 0.4) is 0 Å². The van der Waals surface area contributed by atoms with Crippen LogP contribution in [0.1, 0.15) is 53.5 Å². The molecule has 0 aromatic heterocycles. The molecule has 1 fully saturated rings. The van der Waals surface area contributed by atoms with Crippen molar-refractivity contribution >= 4 is 17.7 Å². The van der Waals surface area contributed by atoms with Gasteiger partial charge in [0.1, 0.15) is 12.7 Å². The molecule has 1 aromatic rings. The van der Waals surface area contributed by atoms with Crippen LogP contribution in [0.2, 0.25) is 0 Å². The lowest BCUT2D eigenvalue weighted by atomic mass is 9.71. The molecule has 2 rings (SSSR count). The molecule has 8 heteroatoms. The summed E-state index contributed by atoms with van der Waals surface area (Å²) in [6, 6.07) is 9.57. The zero-order chi connectivity index (χ0) is 26.3. The number of carbonyl (C=O) groups is 3. The highest BCUT2D eigenvalue weighted by Crippen LogP contribution is 2.33. The molecule has 0 spiro atoms. The maximum absolute atomic E-state index is 13.1. The largest absolute Gasteiger partial charge is 0.389 e. The van der Waals surface area contributed by atoms with Crippen LogP contribution in [-0.4, -0.2) is 71.7 Å². The first kappa shape index (κ1) is 28.5. The van der Waals surface area contributed by atoms with E-state index < -0.39 is 6.10 Å². The average Bonchev–Trinajstić information content (AvgIpc) is 3.26. The molecule has 8 nitrogen and oxygen atoms in total. The highest BCUT2D eigenvalue weighted by atomic mass is 16.7. The van der Waals surface area contributed by atoms with Crippen LogP contribution in [0.25, 0.3) is 0 Å². The first-order valence-corrected chi connectivity index (χ1v) is 12.3. The first-order valence-electron chi connectivity index (χ1n) is 12.3. The molecule has 1 aromatic carbocycles. The van der Waals surface area contributed by atoms with Crippen molar-refractivity contribution in [3.05, 3.63) is 47.5 Å². The summed E-state index contributed by atoms with van der Waals surface area (Å²) in [7, 11) is 1.68. The van der Waals surface area contributed by atoms with E-state index in [-0.39, 0.29) is 60.7 Å². The van der Waals surface area contributed by atoms with Gasteiger partial charge in [-0.2, -0.15) is 0 Å². The lowest BCUT2D eigenvalue weighted by Crippen LogP contribution is -2.48. The molecule has 35 heavy (non-hydrogen) atoms. The Balaban J connectivity index is 2.05. The van der Waals surface area contributed by atoms with Crippen LogP contribution < -0.4 is 5.32 Å². The number of nitrogens with one attached hydrogen (secondary N) is 1. The Labute approximate surface area is 209 Å². The maximum atomic E-state index is 13.1. The topological polar surface area (TPSA) is 99.2 Å². The fraction of sp³-hybridized carbons (Fsp3) is 0.593. The van der Waals surface area contributed by atoms with E-state index in [2.05, 4.69) is 5.32 Å². The summed E-state index contributed by atoms with van der Waals surface area (Å²) >= 11 is 0. The predicted molar refractivity (Wildman–Crippen MR) is 135 cm³/mol. The molecule has 1 saturated heterocycles. The van der Waals surface area contributed by atoms with E-state index in [1.165, 1.54) is 0 Å². The van der Waals surface area contributed by atoms with Crippen molar-refractivity contribution in [3.63, 3.8) is 0 Å². The second kappa shape index (κ2) is 12.3. The third-order valence-electron chi connectivity index (χ3n) is 6.84. The number of amides is 3. The highest BCUT2D eigenvalue weighted by molar-refractivity contribution is 5.92. The lowest BCUT2D eigenvalue weighted by Gasteiger charge is -2.34. The molecule has 0 bridgehead atoms. The van der Waals surface area contributed by atoms with E-state index in [1.807, 2.05) is 65.0 Å². The number of nitrogens with zero attached hydrogens (tertiary/aromatic N) is 2.